The van der Waals surface area contributed by atoms with Crippen molar-refractivity contribution in [3.05, 3.63) is 82.9 Å². The fourth-order valence-electron chi connectivity index (χ4n) is 4.09. The highest BCUT2D eigenvalue weighted by Crippen LogP contribution is 2.44. The SMILES string of the molecule is COc1cc2c(c(-c3ccccc3C#N)c1O)CN(CCc1ccccc1)CC2. The largest absolute Gasteiger partial charge is 0.504 e. The van der Waals surface area contributed by atoms with Crippen molar-refractivity contribution >= 4 is 0 Å². The van der Waals surface area contributed by atoms with Crippen LogP contribution in [0.25, 0.3) is 11.1 Å². The Morgan fingerprint density at radius 3 is 2.62 bits per heavy atom. The lowest BCUT2D eigenvalue weighted by atomic mass is 9.88. The molecule has 0 fully saturated rings. The van der Waals surface area contributed by atoms with Crippen LogP contribution in [0.15, 0.2) is 60.7 Å². The summed E-state index contributed by atoms with van der Waals surface area (Å²) in [4.78, 5) is 2.42. The molecular weight excluding hydrogens is 360 g/mol. The molecule has 0 unspecified atom stereocenters. The van der Waals surface area contributed by atoms with E-state index < -0.39 is 0 Å². The highest BCUT2D eigenvalue weighted by Gasteiger charge is 2.26. The second kappa shape index (κ2) is 8.38. The molecule has 146 valence electrons. The molecule has 4 nitrogen and oxygen atoms in total. The molecule has 3 aromatic rings. The fraction of sp³-hybridized carbons (Fsp3) is 0.240. The summed E-state index contributed by atoms with van der Waals surface area (Å²) in [5, 5.41) is 20.5. The van der Waals surface area contributed by atoms with Crippen LogP contribution in [-0.4, -0.2) is 30.2 Å². The van der Waals surface area contributed by atoms with Gasteiger partial charge in [-0.05, 0) is 41.7 Å². The zero-order valence-electron chi connectivity index (χ0n) is 16.6. The lowest BCUT2D eigenvalue weighted by Crippen LogP contribution is -2.32. The van der Waals surface area contributed by atoms with Gasteiger partial charge in [-0.25, -0.2) is 0 Å². The van der Waals surface area contributed by atoms with Gasteiger partial charge in [0.15, 0.2) is 11.5 Å². The molecule has 1 aliphatic heterocycles. The van der Waals surface area contributed by atoms with Crippen LogP contribution in [0.5, 0.6) is 11.5 Å². The molecular formula is C25H24N2O2. The van der Waals surface area contributed by atoms with Gasteiger partial charge >= 0.3 is 0 Å². The molecule has 0 saturated carbocycles. The normalized spacial score (nSPS) is 13.5. The van der Waals surface area contributed by atoms with E-state index in [4.69, 9.17) is 4.74 Å². The van der Waals surface area contributed by atoms with Crippen molar-refractivity contribution in [1.29, 1.82) is 5.26 Å². The first-order chi connectivity index (χ1) is 14.2. The number of ether oxygens (including phenoxy) is 1. The van der Waals surface area contributed by atoms with Gasteiger partial charge in [-0.15, -0.1) is 0 Å². The molecule has 0 radical (unpaired) electrons. The van der Waals surface area contributed by atoms with E-state index in [-0.39, 0.29) is 5.75 Å². The first-order valence-electron chi connectivity index (χ1n) is 9.88. The van der Waals surface area contributed by atoms with E-state index in [0.29, 0.717) is 11.3 Å². The summed E-state index contributed by atoms with van der Waals surface area (Å²) in [6, 6.07) is 22.1. The molecule has 0 bridgehead atoms. The Hall–Kier alpha value is -3.29. The number of fused-ring (bicyclic) bond motifs is 1. The Kier molecular flexibility index (Phi) is 5.50. The number of nitriles is 1. The third kappa shape index (κ3) is 3.83. The van der Waals surface area contributed by atoms with E-state index in [1.807, 2.05) is 30.3 Å². The third-order valence-corrected chi connectivity index (χ3v) is 5.64. The molecule has 1 heterocycles. The molecule has 1 aliphatic rings. The molecule has 3 aromatic carbocycles. The number of benzene rings is 3. The van der Waals surface area contributed by atoms with Crippen LogP contribution in [0.1, 0.15) is 22.3 Å². The molecule has 0 aromatic heterocycles. The summed E-state index contributed by atoms with van der Waals surface area (Å²) in [6.07, 6.45) is 1.88. The summed E-state index contributed by atoms with van der Waals surface area (Å²) >= 11 is 0. The van der Waals surface area contributed by atoms with Gasteiger partial charge in [0, 0.05) is 30.8 Å². The van der Waals surface area contributed by atoms with Crippen molar-refractivity contribution in [2.24, 2.45) is 0 Å². The molecule has 4 rings (SSSR count). The molecule has 1 N–H and O–H groups in total. The number of phenols is 1. The molecule has 0 amide bonds. The zero-order valence-corrected chi connectivity index (χ0v) is 16.6. The minimum atomic E-state index is 0.110. The van der Waals surface area contributed by atoms with E-state index in [1.54, 1.807) is 13.2 Å². The lowest BCUT2D eigenvalue weighted by molar-refractivity contribution is 0.256. The number of phenolic OH excluding ortho intramolecular Hbond substituents is 1. The highest BCUT2D eigenvalue weighted by atomic mass is 16.5. The van der Waals surface area contributed by atoms with Crippen molar-refractivity contribution in [2.45, 2.75) is 19.4 Å². The summed E-state index contributed by atoms with van der Waals surface area (Å²) < 4.78 is 5.43. The predicted octanol–water partition coefficient (Wildman–Crippen LogP) is 4.54. The molecule has 0 spiro atoms. The Labute approximate surface area is 171 Å². The quantitative estimate of drug-likeness (QED) is 0.702. The van der Waals surface area contributed by atoms with E-state index in [1.165, 1.54) is 11.1 Å². The van der Waals surface area contributed by atoms with E-state index >= 15 is 0 Å². The second-order valence-electron chi connectivity index (χ2n) is 7.36. The van der Waals surface area contributed by atoms with Gasteiger partial charge in [0.25, 0.3) is 0 Å². The second-order valence-corrected chi connectivity index (χ2v) is 7.36. The van der Waals surface area contributed by atoms with Crippen LogP contribution in [0, 0.1) is 11.3 Å². The van der Waals surface area contributed by atoms with Gasteiger partial charge < -0.3 is 9.84 Å². The minimum Gasteiger partial charge on any atom is -0.504 e. The first-order valence-corrected chi connectivity index (χ1v) is 9.88. The van der Waals surface area contributed by atoms with Crippen molar-refractivity contribution in [2.75, 3.05) is 20.2 Å². The van der Waals surface area contributed by atoms with Gasteiger partial charge in [0.05, 0.1) is 18.7 Å². The third-order valence-electron chi connectivity index (χ3n) is 5.64. The van der Waals surface area contributed by atoms with Gasteiger partial charge in [-0.2, -0.15) is 5.26 Å². The monoisotopic (exact) mass is 384 g/mol. The smallest absolute Gasteiger partial charge is 0.166 e. The summed E-state index contributed by atoms with van der Waals surface area (Å²) in [7, 11) is 1.57. The molecule has 0 atom stereocenters. The maximum Gasteiger partial charge on any atom is 0.166 e. The van der Waals surface area contributed by atoms with Crippen LogP contribution in [-0.2, 0) is 19.4 Å². The van der Waals surface area contributed by atoms with Gasteiger partial charge in [-0.1, -0.05) is 48.5 Å². The topological polar surface area (TPSA) is 56.5 Å². The van der Waals surface area contributed by atoms with Crippen LogP contribution < -0.4 is 4.74 Å². The van der Waals surface area contributed by atoms with Crippen LogP contribution in [0.4, 0.5) is 0 Å². The van der Waals surface area contributed by atoms with Crippen molar-refractivity contribution in [3.63, 3.8) is 0 Å². The maximum absolute atomic E-state index is 11.0. The Morgan fingerprint density at radius 1 is 1.10 bits per heavy atom. The molecule has 29 heavy (non-hydrogen) atoms. The summed E-state index contributed by atoms with van der Waals surface area (Å²) in [6.45, 7) is 2.66. The zero-order chi connectivity index (χ0) is 20.2. The van der Waals surface area contributed by atoms with E-state index in [2.05, 4.69) is 35.2 Å². The Morgan fingerprint density at radius 2 is 1.86 bits per heavy atom. The van der Waals surface area contributed by atoms with Crippen molar-refractivity contribution < 1.29 is 9.84 Å². The average molecular weight is 384 g/mol. The minimum absolute atomic E-state index is 0.110. The van der Waals surface area contributed by atoms with Crippen LogP contribution >= 0.6 is 0 Å². The predicted molar refractivity (Wildman–Crippen MR) is 114 cm³/mol. The number of rotatable bonds is 5. The average Bonchev–Trinajstić information content (AvgIpc) is 2.78. The highest BCUT2D eigenvalue weighted by molar-refractivity contribution is 5.82. The van der Waals surface area contributed by atoms with Gasteiger partial charge in [0.1, 0.15) is 0 Å². The van der Waals surface area contributed by atoms with Crippen molar-refractivity contribution in [1.82, 2.24) is 4.90 Å². The van der Waals surface area contributed by atoms with Crippen LogP contribution in [0.2, 0.25) is 0 Å². The first kappa shape index (κ1) is 19.0. The van der Waals surface area contributed by atoms with Gasteiger partial charge in [-0.3, -0.25) is 4.90 Å². The Balaban J connectivity index is 1.71. The number of aromatic hydroxyl groups is 1. The Bertz CT molecular complexity index is 1050. The van der Waals surface area contributed by atoms with E-state index in [0.717, 1.165) is 49.2 Å². The molecule has 4 heteroatoms. The number of hydrogen-bond acceptors (Lipinski definition) is 4. The standard InChI is InChI=1S/C25H24N2O2/c1-29-23-15-19-12-14-27(13-11-18-7-3-2-4-8-18)17-22(19)24(25(23)28)21-10-6-5-9-20(21)16-26/h2-10,15,28H,11-14,17H2,1H3. The lowest BCUT2D eigenvalue weighted by Gasteiger charge is -2.31. The maximum atomic E-state index is 11.0. The number of hydrogen-bond donors (Lipinski definition) is 1. The fourth-order valence-corrected chi connectivity index (χ4v) is 4.09. The van der Waals surface area contributed by atoms with Crippen molar-refractivity contribution in [3.8, 4) is 28.7 Å². The van der Waals surface area contributed by atoms with Gasteiger partial charge in [0.2, 0.25) is 0 Å². The number of methoxy groups -OCH3 is 1. The van der Waals surface area contributed by atoms with Crippen LogP contribution in [0.3, 0.4) is 0 Å². The summed E-state index contributed by atoms with van der Waals surface area (Å²) in [5.41, 5.74) is 5.63. The summed E-state index contributed by atoms with van der Waals surface area (Å²) in [5.74, 6) is 0.572. The molecule has 0 aliphatic carbocycles. The number of nitrogens with zero attached hydrogens (tertiary/aromatic N) is 2. The van der Waals surface area contributed by atoms with E-state index in [9.17, 15) is 10.4 Å². The molecule has 0 saturated heterocycles.